The molecule has 16 heavy (non-hydrogen) atoms. The Kier molecular flexibility index (Phi) is 4.66. The van der Waals surface area contributed by atoms with Crippen LogP contribution in [0.5, 0.6) is 0 Å². The Balaban J connectivity index is 2.24. The molecule has 0 aromatic heterocycles. The zero-order chi connectivity index (χ0) is 12.2. The lowest BCUT2D eigenvalue weighted by molar-refractivity contribution is -0.138. The van der Waals surface area contributed by atoms with Gasteiger partial charge < -0.3 is 5.11 Å². The van der Waals surface area contributed by atoms with Crippen LogP contribution in [0.3, 0.4) is 0 Å². The highest BCUT2D eigenvalue weighted by Crippen LogP contribution is 2.01. The molecule has 7 nitrogen and oxygen atoms in total. The molecule has 0 atom stereocenters. The molecule has 0 radical (unpaired) electrons. The lowest BCUT2D eigenvalue weighted by atomic mass is 10.3. The fourth-order valence-electron chi connectivity index (χ4n) is 1.61. The zero-order valence-electron chi connectivity index (χ0n) is 8.87. The van der Waals surface area contributed by atoms with Gasteiger partial charge in [-0.15, -0.1) is 0 Å². The lowest BCUT2D eigenvalue weighted by Gasteiger charge is -2.33. The third kappa shape index (κ3) is 5.40. The van der Waals surface area contributed by atoms with Gasteiger partial charge in [0.2, 0.25) is 0 Å². The Morgan fingerprint density at radius 3 is 2.06 bits per heavy atom. The molecule has 1 saturated heterocycles. The molecule has 1 aliphatic rings. The van der Waals surface area contributed by atoms with Crippen molar-refractivity contribution in [2.75, 3.05) is 45.0 Å². The summed E-state index contributed by atoms with van der Waals surface area (Å²) in [5.41, 5.74) is 0. The van der Waals surface area contributed by atoms with Crippen molar-refractivity contribution in [2.24, 2.45) is 0 Å². The maximum absolute atomic E-state index is 10.5. The minimum Gasteiger partial charge on any atom is -0.480 e. The first-order valence-electron chi connectivity index (χ1n) is 4.98. The molecule has 1 heterocycles. The predicted octanol–water partition coefficient (Wildman–Crippen LogP) is -1.42. The summed E-state index contributed by atoms with van der Waals surface area (Å²) in [5, 5.41) is 8.57. The van der Waals surface area contributed by atoms with E-state index in [0.29, 0.717) is 32.7 Å². The Morgan fingerprint density at radius 1 is 1.12 bits per heavy atom. The summed E-state index contributed by atoms with van der Waals surface area (Å²) < 4.78 is 29.6. The van der Waals surface area contributed by atoms with Gasteiger partial charge in [-0.3, -0.25) is 19.1 Å². The predicted molar refractivity (Wildman–Crippen MR) is 56.9 cm³/mol. The summed E-state index contributed by atoms with van der Waals surface area (Å²) in [4.78, 5) is 14.1. The molecule has 0 spiro atoms. The molecule has 1 fully saturated rings. The summed E-state index contributed by atoms with van der Waals surface area (Å²) in [7, 11) is -3.91. The Hall–Kier alpha value is -0.700. The van der Waals surface area contributed by atoms with Gasteiger partial charge in [0.1, 0.15) is 0 Å². The van der Waals surface area contributed by atoms with Crippen LogP contribution in [0, 0.1) is 0 Å². The average Bonchev–Trinajstić information content (AvgIpc) is 2.14. The minimum atomic E-state index is -3.91. The van der Waals surface area contributed by atoms with Gasteiger partial charge in [-0.1, -0.05) is 0 Å². The van der Waals surface area contributed by atoms with E-state index in [1.807, 2.05) is 4.90 Å². The van der Waals surface area contributed by atoms with Crippen LogP contribution in [0.15, 0.2) is 0 Å². The van der Waals surface area contributed by atoms with Crippen molar-refractivity contribution in [1.29, 1.82) is 0 Å². The van der Waals surface area contributed by atoms with Crippen LogP contribution in [0.2, 0.25) is 0 Å². The van der Waals surface area contributed by atoms with Gasteiger partial charge in [0.05, 0.1) is 12.3 Å². The van der Waals surface area contributed by atoms with Gasteiger partial charge in [0.25, 0.3) is 10.1 Å². The first-order chi connectivity index (χ1) is 7.37. The molecule has 2 N–H and O–H groups in total. The van der Waals surface area contributed by atoms with Gasteiger partial charge in [-0.05, 0) is 0 Å². The minimum absolute atomic E-state index is 0.0200. The van der Waals surface area contributed by atoms with Crippen molar-refractivity contribution < 1.29 is 22.9 Å². The first-order valence-corrected chi connectivity index (χ1v) is 6.59. The molecule has 0 aliphatic carbocycles. The second kappa shape index (κ2) is 5.58. The summed E-state index contributed by atoms with van der Waals surface area (Å²) in [6.07, 6.45) is 0. The maximum atomic E-state index is 10.5. The van der Waals surface area contributed by atoms with E-state index in [1.54, 1.807) is 4.90 Å². The summed E-state index contributed by atoms with van der Waals surface area (Å²) >= 11 is 0. The fourth-order valence-corrected chi connectivity index (χ4v) is 2.10. The van der Waals surface area contributed by atoms with E-state index in [0.717, 1.165) is 0 Å². The van der Waals surface area contributed by atoms with E-state index in [1.165, 1.54) is 0 Å². The van der Waals surface area contributed by atoms with Gasteiger partial charge in [-0.2, -0.15) is 8.42 Å². The molecule has 1 rings (SSSR count). The first kappa shape index (κ1) is 13.4. The number of hydrogen-bond donors (Lipinski definition) is 2. The maximum Gasteiger partial charge on any atom is 0.317 e. The number of nitrogens with zero attached hydrogens (tertiary/aromatic N) is 2. The monoisotopic (exact) mass is 252 g/mol. The third-order valence-electron chi connectivity index (χ3n) is 2.49. The largest absolute Gasteiger partial charge is 0.480 e. The highest BCUT2D eigenvalue weighted by Gasteiger charge is 2.19. The molecule has 0 aromatic carbocycles. The third-order valence-corrected chi connectivity index (χ3v) is 3.19. The summed E-state index contributed by atoms with van der Waals surface area (Å²) in [6.45, 7) is 2.78. The molecule has 8 heteroatoms. The zero-order valence-corrected chi connectivity index (χ0v) is 9.69. The van der Waals surface area contributed by atoms with Gasteiger partial charge in [-0.25, -0.2) is 0 Å². The Morgan fingerprint density at radius 2 is 1.62 bits per heavy atom. The Bertz CT molecular complexity index is 334. The SMILES string of the molecule is O=C(O)CN1CCN(CCS(=O)(=O)O)CC1. The number of carboxylic acid groups (broad SMARTS) is 1. The highest BCUT2D eigenvalue weighted by atomic mass is 32.2. The average molecular weight is 252 g/mol. The molecule has 0 saturated carbocycles. The van der Waals surface area contributed by atoms with E-state index >= 15 is 0 Å². The lowest BCUT2D eigenvalue weighted by Crippen LogP contribution is -2.48. The van der Waals surface area contributed by atoms with Crippen molar-refractivity contribution in [2.45, 2.75) is 0 Å². The van der Waals surface area contributed by atoms with E-state index in [2.05, 4.69) is 0 Å². The van der Waals surface area contributed by atoms with Gasteiger partial charge >= 0.3 is 5.97 Å². The van der Waals surface area contributed by atoms with E-state index in [9.17, 15) is 13.2 Å². The number of piperazine rings is 1. The van der Waals surface area contributed by atoms with Crippen LogP contribution >= 0.6 is 0 Å². The van der Waals surface area contributed by atoms with Crippen molar-refractivity contribution >= 4 is 16.1 Å². The molecule has 94 valence electrons. The number of carboxylic acids is 1. The molecule has 0 bridgehead atoms. The summed E-state index contributed by atoms with van der Waals surface area (Å²) in [6, 6.07) is 0. The quantitative estimate of drug-likeness (QED) is 0.579. The molecule has 0 unspecified atom stereocenters. The highest BCUT2D eigenvalue weighted by molar-refractivity contribution is 7.85. The van der Waals surface area contributed by atoms with Crippen LogP contribution in [0.25, 0.3) is 0 Å². The van der Waals surface area contributed by atoms with Crippen LogP contribution in [0.1, 0.15) is 0 Å². The van der Waals surface area contributed by atoms with E-state index in [4.69, 9.17) is 9.66 Å². The van der Waals surface area contributed by atoms with E-state index < -0.39 is 16.1 Å². The summed E-state index contributed by atoms with van der Waals surface area (Å²) in [5.74, 6) is -1.13. The second-order valence-electron chi connectivity index (χ2n) is 3.80. The van der Waals surface area contributed by atoms with Gasteiger partial charge in [0.15, 0.2) is 0 Å². The molecule has 0 aromatic rings. The Labute approximate surface area is 94.4 Å². The van der Waals surface area contributed by atoms with Crippen LogP contribution < -0.4 is 0 Å². The fraction of sp³-hybridized carbons (Fsp3) is 0.875. The van der Waals surface area contributed by atoms with Crippen LogP contribution in [-0.4, -0.2) is 78.9 Å². The second-order valence-corrected chi connectivity index (χ2v) is 5.37. The molecule has 0 amide bonds. The molecular formula is C8H16N2O5S. The van der Waals surface area contributed by atoms with Crippen molar-refractivity contribution in [3.05, 3.63) is 0 Å². The standard InChI is InChI=1S/C8H16N2O5S/c11-8(12)7-10-3-1-9(2-4-10)5-6-16(13,14)15/h1-7H2,(H,11,12)(H,13,14,15). The van der Waals surface area contributed by atoms with Crippen molar-refractivity contribution in [3.8, 4) is 0 Å². The number of hydrogen-bond acceptors (Lipinski definition) is 5. The topological polar surface area (TPSA) is 98.2 Å². The molecule has 1 aliphatic heterocycles. The van der Waals surface area contributed by atoms with Crippen LogP contribution in [0.4, 0.5) is 0 Å². The normalized spacial score (nSPS) is 19.8. The van der Waals surface area contributed by atoms with Crippen LogP contribution in [-0.2, 0) is 14.9 Å². The number of aliphatic carboxylic acids is 1. The van der Waals surface area contributed by atoms with Crippen molar-refractivity contribution in [1.82, 2.24) is 9.80 Å². The van der Waals surface area contributed by atoms with E-state index in [-0.39, 0.29) is 12.3 Å². The number of carbonyl (C=O) groups is 1. The van der Waals surface area contributed by atoms with Gasteiger partial charge in [0, 0.05) is 32.7 Å². The van der Waals surface area contributed by atoms with Crippen molar-refractivity contribution in [3.63, 3.8) is 0 Å². The number of rotatable bonds is 5. The smallest absolute Gasteiger partial charge is 0.317 e. The molecular weight excluding hydrogens is 236 g/mol.